The number of para-hydroxylation sites is 1. The van der Waals surface area contributed by atoms with Crippen molar-refractivity contribution in [1.29, 1.82) is 0 Å². The largest absolute Gasteiger partial charge is 0.326 e. The third-order valence-electron chi connectivity index (χ3n) is 8.00. The van der Waals surface area contributed by atoms with Gasteiger partial charge in [-0.1, -0.05) is 30.3 Å². The van der Waals surface area contributed by atoms with Crippen molar-refractivity contribution in [1.82, 2.24) is 14.1 Å². The molecular formula is C29H35N5O4S. The smallest absolute Gasteiger partial charge is 0.248 e. The number of sulfonamides is 1. The van der Waals surface area contributed by atoms with E-state index in [9.17, 15) is 18.0 Å². The number of piperidine rings is 1. The minimum absolute atomic E-state index is 0.0442. The second-order valence-electron chi connectivity index (χ2n) is 10.5. The van der Waals surface area contributed by atoms with Gasteiger partial charge in [0.2, 0.25) is 21.8 Å². The van der Waals surface area contributed by atoms with Crippen LogP contribution in [0.2, 0.25) is 0 Å². The molecule has 206 valence electrons. The maximum absolute atomic E-state index is 13.8. The fraction of sp³-hybridized carbons (Fsp3) is 0.414. The van der Waals surface area contributed by atoms with E-state index in [1.165, 1.54) is 8.99 Å². The molecule has 10 heteroatoms. The molecule has 1 aromatic heterocycles. The average Bonchev–Trinajstić information content (AvgIpc) is 3.47. The van der Waals surface area contributed by atoms with Crippen LogP contribution in [0.4, 0.5) is 11.4 Å². The van der Waals surface area contributed by atoms with Gasteiger partial charge in [-0.15, -0.1) is 0 Å². The van der Waals surface area contributed by atoms with Gasteiger partial charge < -0.3 is 10.2 Å². The van der Waals surface area contributed by atoms with Gasteiger partial charge in [-0.2, -0.15) is 9.40 Å². The summed E-state index contributed by atoms with van der Waals surface area (Å²) in [6.45, 7) is 8.28. The van der Waals surface area contributed by atoms with Gasteiger partial charge in [-0.05, 0) is 75.8 Å². The molecule has 0 bridgehead atoms. The Bertz CT molecular complexity index is 1540. The van der Waals surface area contributed by atoms with E-state index in [0.717, 1.165) is 34.5 Å². The number of nitrogens with one attached hydrogen (secondary N) is 1. The maximum Gasteiger partial charge on any atom is 0.248 e. The van der Waals surface area contributed by atoms with E-state index in [4.69, 9.17) is 0 Å². The first kappa shape index (κ1) is 27.1. The topological polar surface area (TPSA) is 105 Å². The van der Waals surface area contributed by atoms with Gasteiger partial charge in [0.15, 0.2) is 0 Å². The van der Waals surface area contributed by atoms with Crippen molar-refractivity contribution in [2.75, 3.05) is 29.9 Å². The molecule has 3 heterocycles. The molecule has 0 radical (unpaired) electrons. The van der Waals surface area contributed by atoms with E-state index >= 15 is 0 Å². The van der Waals surface area contributed by atoms with Crippen molar-refractivity contribution in [3.8, 4) is 0 Å². The number of aryl methyl sites for hydroxylation is 2. The Balaban J connectivity index is 1.32. The molecule has 2 aromatic carbocycles. The number of fused-ring (bicyclic) bond motifs is 1. The molecule has 2 amide bonds. The zero-order valence-electron chi connectivity index (χ0n) is 22.9. The number of aromatic nitrogens is 2. The highest BCUT2D eigenvalue weighted by molar-refractivity contribution is 7.89. The molecule has 2 aliphatic rings. The van der Waals surface area contributed by atoms with E-state index in [-0.39, 0.29) is 29.8 Å². The van der Waals surface area contributed by atoms with Crippen LogP contribution < -0.4 is 10.2 Å². The predicted molar refractivity (Wildman–Crippen MR) is 150 cm³/mol. The average molecular weight is 550 g/mol. The van der Waals surface area contributed by atoms with E-state index in [2.05, 4.69) is 10.4 Å². The highest BCUT2D eigenvalue weighted by Gasteiger charge is 2.37. The maximum atomic E-state index is 13.8. The number of anilines is 2. The van der Waals surface area contributed by atoms with Gasteiger partial charge in [0.25, 0.3) is 0 Å². The summed E-state index contributed by atoms with van der Waals surface area (Å²) in [5, 5.41) is 7.45. The van der Waals surface area contributed by atoms with Gasteiger partial charge in [0.1, 0.15) is 11.4 Å². The lowest BCUT2D eigenvalue weighted by Gasteiger charge is -2.31. The van der Waals surface area contributed by atoms with Crippen molar-refractivity contribution in [2.24, 2.45) is 5.92 Å². The van der Waals surface area contributed by atoms with Crippen LogP contribution >= 0.6 is 0 Å². The highest BCUT2D eigenvalue weighted by atomic mass is 32.2. The highest BCUT2D eigenvalue weighted by Crippen LogP contribution is 2.30. The number of hydrogen-bond acceptors (Lipinski definition) is 5. The summed E-state index contributed by atoms with van der Waals surface area (Å²) in [6.07, 6.45) is 2.00. The number of nitrogens with zero attached hydrogens (tertiary/aromatic N) is 4. The lowest BCUT2D eigenvalue weighted by molar-refractivity contribution is -0.121. The molecule has 1 saturated heterocycles. The molecule has 3 aromatic rings. The summed E-state index contributed by atoms with van der Waals surface area (Å²) < 4.78 is 30.5. The van der Waals surface area contributed by atoms with Gasteiger partial charge >= 0.3 is 0 Å². The van der Waals surface area contributed by atoms with Crippen LogP contribution in [0.25, 0.3) is 0 Å². The fourth-order valence-corrected chi connectivity index (χ4v) is 7.54. The van der Waals surface area contributed by atoms with Crippen LogP contribution in [0.15, 0.2) is 47.4 Å². The number of hydrogen-bond donors (Lipinski definition) is 1. The summed E-state index contributed by atoms with van der Waals surface area (Å²) in [5.41, 5.74) is 5.63. The van der Waals surface area contributed by atoms with E-state index < -0.39 is 15.9 Å². The Morgan fingerprint density at radius 2 is 1.79 bits per heavy atom. The van der Waals surface area contributed by atoms with Gasteiger partial charge in [-0.3, -0.25) is 14.3 Å². The van der Waals surface area contributed by atoms with Crippen LogP contribution in [0.1, 0.15) is 40.9 Å². The third kappa shape index (κ3) is 5.10. The molecule has 9 nitrogen and oxygen atoms in total. The lowest BCUT2D eigenvalue weighted by atomic mass is 9.98. The molecule has 39 heavy (non-hydrogen) atoms. The monoisotopic (exact) mass is 549 g/mol. The molecule has 0 unspecified atom stereocenters. The van der Waals surface area contributed by atoms with Gasteiger partial charge in [0.05, 0.1) is 17.3 Å². The van der Waals surface area contributed by atoms with Crippen LogP contribution in [0.3, 0.4) is 0 Å². The van der Waals surface area contributed by atoms with Crippen LogP contribution in [0.5, 0.6) is 0 Å². The minimum Gasteiger partial charge on any atom is -0.326 e. The molecule has 2 aliphatic heterocycles. The molecule has 1 fully saturated rings. The van der Waals surface area contributed by atoms with Crippen molar-refractivity contribution in [2.45, 2.75) is 58.4 Å². The summed E-state index contributed by atoms with van der Waals surface area (Å²) >= 11 is 0. The predicted octanol–water partition coefficient (Wildman–Crippen LogP) is 3.75. The first-order chi connectivity index (χ1) is 18.6. The number of rotatable bonds is 6. The minimum atomic E-state index is -3.92. The molecule has 5 rings (SSSR count). The van der Waals surface area contributed by atoms with E-state index in [1.54, 1.807) is 18.7 Å². The first-order valence-corrected chi connectivity index (χ1v) is 14.8. The molecule has 0 aliphatic carbocycles. The van der Waals surface area contributed by atoms with Gasteiger partial charge in [-0.25, -0.2) is 8.42 Å². The SMILES string of the molecule is Cc1cccc(NC(=O)[C@@H]2CCCN(S(=O)(=O)c3c(C)nn(CC(=O)N4CCc5ccccc54)c3C)C2)c1C. The normalized spacial score (nSPS) is 17.7. The van der Waals surface area contributed by atoms with Crippen LogP contribution in [-0.2, 0) is 32.6 Å². The Kier molecular flexibility index (Phi) is 7.35. The molecule has 1 atom stereocenters. The summed E-state index contributed by atoms with van der Waals surface area (Å²) in [6, 6.07) is 13.6. The molecule has 1 N–H and O–H groups in total. The molecular weight excluding hydrogens is 514 g/mol. The van der Waals surface area contributed by atoms with Crippen LogP contribution in [-0.4, -0.2) is 54.0 Å². The molecule has 0 saturated carbocycles. The lowest BCUT2D eigenvalue weighted by Crippen LogP contribution is -2.44. The number of amides is 2. The van der Waals surface area contributed by atoms with Crippen molar-refractivity contribution < 1.29 is 18.0 Å². The van der Waals surface area contributed by atoms with Crippen molar-refractivity contribution in [3.05, 3.63) is 70.5 Å². The number of benzene rings is 2. The zero-order chi connectivity index (χ0) is 27.9. The second-order valence-corrected chi connectivity index (χ2v) is 12.4. The van der Waals surface area contributed by atoms with Crippen molar-refractivity contribution in [3.63, 3.8) is 0 Å². The standard InChI is InChI=1S/C29H35N5O4S/c1-19-9-7-12-25(20(19)2)30-29(36)24-11-8-15-32(17-24)39(37,38)28-21(3)31-34(22(28)4)18-27(35)33-16-14-23-10-5-6-13-26(23)33/h5-7,9-10,12-13,24H,8,11,14-18H2,1-4H3,(H,30,36)/t24-/m1/s1. The second kappa shape index (κ2) is 10.6. The van der Waals surface area contributed by atoms with Crippen LogP contribution in [0, 0.1) is 33.6 Å². The Morgan fingerprint density at radius 3 is 2.59 bits per heavy atom. The van der Waals surface area contributed by atoms with Gasteiger partial charge in [0, 0.05) is 31.0 Å². The zero-order valence-corrected chi connectivity index (χ0v) is 23.7. The quantitative estimate of drug-likeness (QED) is 0.504. The Hall–Kier alpha value is -3.50. The fourth-order valence-electron chi connectivity index (χ4n) is 5.64. The first-order valence-electron chi connectivity index (χ1n) is 13.4. The van der Waals surface area contributed by atoms with E-state index in [1.807, 2.05) is 56.3 Å². The summed E-state index contributed by atoms with van der Waals surface area (Å²) in [5.74, 6) is -0.763. The summed E-state index contributed by atoms with van der Waals surface area (Å²) in [7, 11) is -3.92. The molecule has 0 spiro atoms. The third-order valence-corrected chi connectivity index (χ3v) is 10.1. The summed E-state index contributed by atoms with van der Waals surface area (Å²) in [4.78, 5) is 28.2. The van der Waals surface area contributed by atoms with Crippen molar-refractivity contribution >= 4 is 33.2 Å². The Labute approximate surface area is 229 Å². The van der Waals surface area contributed by atoms with E-state index in [0.29, 0.717) is 37.3 Å². The Morgan fingerprint density at radius 1 is 1.03 bits per heavy atom. The number of carbonyl (C=O) groups is 2. The number of carbonyl (C=O) groups excluding carboxylic acids is 2.